The van der Waals surface area contributed by atoms with Gasteiger partial charge in [0.15, 0.2) is 6.04 Å². The standard InChI is InChI=1S/C13H10ClN3O/c14-10-4-1-3-9(7-10)13(18)17-12(8-15)11-5-2-6-16-11/h1-7,12,16H,(H,17,18). The first-order chi connectivity index (χ1) is 8.70. The predicted molar refractivity (Wildman–Crippen MR) is 68.1 cm³/mol. The quantitative estimate of drug-likeness (QED) is 0.890. The SMILES string of the molecule is N#CC(NC(=O)c1cccc(Cl)c1)c1ccc[nH]1. The third-order valence-electron chi connectivity index (χ3n) is 2.42. The average Bonchev–Trinajstić information content (AvgIpc) is 2.89. The molecular formula is C13H10ClN3O. The molecule has 1 atom stereocenters. The highest BCUT2D eigenvalue weighted by atomic mass is 35.5. The fourth-order valence-corrected chi connectivity index (χ4v) is 1.74. The van der Waals surface area contributed by atoms with Crippen LogP contribution < -0.4 is 5.32 Å². The summed E-state index contributed by atoms with van der Waals surface area (Å²) in [6.45, 7) is 0. The second-order valence-electron chi connectivity index (χ2n) is 3.67. The number of hydrogen-bond acceptors (Lipinski definition) is 2. The van der Waals surface area contributed by atoms with Crippen LogP contribution in [0.2, 0.25) is 5.02 Å². The number of amides is 1. The molecule has 0 aliphatic rings. The van der Waals surface area contributed by atoms with Crippen molar-refractivity contribution >= 4 is 17.5 Å². The summed E-state index contributed by atoms with van der Waals surface area (Å²) in [5.74, 6) is -0.335. The second-order valence-corrected chi connectivity index (χ2v) is 4.11. The molecule has 0 saturated carbocycles. The minimum Gasteiger partial charge on any atom is -0.362 e. The van der Waals surface area contributed by atoms with Crippen molar-refractivity contribution in [3.63, 3.8) is 0 Å². The van der Waals surface area contributed by atoms with Gasteiger partial charge in [0.2, 0.25) is 0 Å². The Bertz CT molecular complexity index is 587. The summed E-state index contributed by atoms with van der Waals surface area (Å²) in [7, 11) is 0. The molecule has 1 unspecified atom stereocenters. The van der Waals surface area contributed by atoms with Crippen molar-refractivity contribution in [2.24, 2.45) is 0 Å². The lowest BCUT2D eigenvalue weighted by Crippen LogP contribution is -2.27. The number of nitrogens with one attached hydrogen (secondary N) is 2. The van der Waals surface area contributed by atoms with E-state index in [4.69, 9.17) is 16.9 Å². The number of nitriles is 1. The van der Waals surface area contributed by atoms with Crippen LogP contribution in [-0.2, 0) is 0 Å². The van der Waals surface area contributed by atoms with Crippen LogP contribution in [0.25, 0.3) is 0 Å². The molecule has 2 N–H and O–H groups in total. The van der Waals surface area contributed by atoms with Crippen LogP contribution >= 0.6 is 11.6 Å². The van der Waals surface area contributed by atoms with Gasteiger partial charge in [-0.15, -0.1) is 0 Å². The minimum atomic E-state index is -0.702. The largest absolute Gasteiger partial charge is 0.362 e. The maximum atomic E-state index is 11.9. The zero-order valence-electron chi connectivity index (χ0n) is 9.35. The highest BCUT2D eigenvalue weighted by molar-refractivity contribution is 6.30. The maximum Gasteiger partial charge on any atom is 0.252 e. The Morgan fingerprint density at radius 1 is 1.39 bits per heavy atom. The zero-order chi connectivity index (χ0) is 13.0. The van der Waals surface area contributed by atoms with E-state index in [1.807, 2.05) is 6.07 Å². The van der Waals surface area contributed by atoms with E-state index in [-0.39, 0.29) is 5.91 Å². The molecule has 0 bridgehead atoms. The number of aromatic amines is 1. The number of benzene rings is 1. The predicted octanol–water partition coefficient (Wildman–Crippen LogP) is 2.66. The van der Waals surface area contributed by atoms with Crippen LogP contribution in [0.3, 0.4) is 0 Å². The molecule has 18 heavy (non-hydrogen) atoms. The van der Waals surface area contributed by atoms with Crippen LogP contribution in [0, 0.1) is 11.3 Å². The van der Waals surface area contributed by atoms with E-state index < -0.39 is 6.04 Å². The Morgan fingerprint density at radius 3 is 2.83 bits per heavy atom. The van der Waals surface area contributed by atoms with Crippen LogP contribution in [0.1, 0.15) is 22.1 Å². The van der Waals surface area contributed by atoms with Crippen molar-refractivity contribution in [1.82, 2.24) is 10.3 Å². The average molecular weight is 260 g/mol. The summed E-state index contributed by atoms with van der Waals surface area (Å²) in [6.07, 6.45) is 1.70. The molecule has 0 saturated heterocycles. The molecule has 2 rings (SSSR count). The van der Waals surface area contributed by atoms with Crippen molar-refractivity contribution in [3.05, 3.63) is 58.9 Å². The molecule has 0 aliphatic heterocycles. The third-order valence-corrected chi connectivity index (χ3v) is 2.66. The van der Waals surface area contributed by atoms with Gasteiger partial charge in [0.1, 0.15) is 0 Å². The van der Waals surface area contributed by atoms with Crippen molar-refractivity contribution in [2.45, 2.75) is 6.04 Å². The Balaban J connectivity index is 2.14. The molecular weight excluding hydrogens is 250 g/mol. The summed E-state index contributed by atoms with van der Waals surface area (Å²) in [6, 6.07) is 11.4. The molecule has 4 nitrogen and oxygen atoms in total. The smallest absolute Gasteiger partial charge is 0.252 e. The van der Waals surface area contributed by atoms with Gasteiger partial charge in [-0.05, 0) is 30.3 Å². The Morgan fingerprint density at radius 2 is 2.22 bits per heavy atom. The van der Waals surface area contributed by atoms with Crippen molar-refractivity contribution in [1.29, 1.82) is 5.26 Å². The molecule has 0 radical (unpaired) electrons. The minimum absolute atomic E-state index is 0.335. The van der Waals surface area contributed by atoms with Crippen LogP contribution in [0.15, 0.2) is 42.6 Å². The third kappa shape index (κ3) is 2.70. The lowest BCUT2D eigenvalue weighted by atomic mass is 10.2. The Kier molecular flexibility index (Phi) is 3.66. The zero-order valence-corrected chi connectivity index (χ0v) is 10.1. The van der Waals surface area contributed by atoms with Gasteiger partial charge >= 0.3 is 0 Å². The molecule has 1 aromatic carbocycles. The van der Waals surface area contributed by atoms with E-state index in [9.17, 15) is 4.79 Å². The van der Waals surface area contributed by atoms with Gasteiger partial charge < -0.3 is 10.3 Å². The summed E-state index contributed by atoms with van der Waals surface area (Å²) < 4.78 is 0. The summed E-state index contributed by atoms with van der Waals surface area (Å²) in [4.78, 5) is 14.8. The number of hydrogen-bond donors (Lipinski definition) is 2. The maximum absolute atomic E-state index is 11.9. The van der Waals surface area contributed by atoms with Crippen LogP contribution in [-0.4, -0.2) is 10.9 Å². The molecule has 0 fully saturated rings. The Hall–Kier alpha value is -2.25. The van der Waals surface area contributed by atoms with Crippen LogP contribution in [0.4, 0.5) is 0 Å². The topological polar surface area (TPSA) is 68.7 Å². The number of H-pyrrole nitrogens is 1. The van der Waals surface area contributed by atoms with Crippen molar-refractivity contribution in [2.75, 3.05) is 0 Å². The summed E-state index contributed by atoms with van der Waals surface area (Å²) in [5.41, 5.74) is 1.07. The summed E-state index contributed by atoms with van der Waals surface area (Å²) >= 11 is 5.81. The van der Waals surface area contributed by atoms with Crippen molar-refractivity contribution < 1.29 is 4.79 Å². The number of nitrogens with zero attached hydrogens (tertiary/aromatic N) is 1. The molecule has 1 heterocycles. The van der Waals surface area contributed by atoms with Crippen molar-refractivity contribution in [3.8, 4) is 6.07 Å². The molecule has 1 aromatic heterocycles. The lowest BCUT2D eigenvalue weighted by Gasteiger charge is -2.10. The molecule has 5 heteroatoms. The van der Waals surface area contributed by atoms with Crippen LogP contribution in [0.5, 0.6) is 0 Å². The van der Waals surface area contributed by atoms with Gasteiger partial charge in [0.25, 0.3) is 5.91 Å². The number of carbonyl (C=O) groups excluding carboxylic acids is 1. The first kappa shape index (κ1) is 12.2. The van der Waals surface area contributed by atoms with Gasteiger partial charge in [-0.2, -0.15) is 5.26 Å². The fourth-order valence-electron chi connectivity index (χ4n) is 1.55. The van der Waals surface area contributed by atoms with Gasteiger partial charge in [-0.1, -0.05) is 17.7 Å². The van der Waals surface area contributed by atoms with E-state index >= 15 is 0 Å². The van der Waals surface area contributed by atoms with Gasteiger partial charge in [-0.3, -0.25) is 4.79 Å². The summed E-state index contributed by atoms with van der Waals surface area (Å²) in [5, 5.41) is 12.1. The van der Waals surface area contributed by atoms with E-state index in [2.05, 4.69) is 10.3 Å². The van der Waals surface area contributed by atoms with E-state index in [0.717, 1.165) is 0 Å². The normalized spacial score (nSPS) is 11.6. The monoisotopic (exact) mass is 259 g/mol. The number of rotatable bonds is 3. The van der Waals surface area contributed by atoms with E-state index in [0.29, 0.717) is 16.3 Å². The number of carbonyl (C=O) groups is 1. The highest BCUT2D eigenvalue weighted by Gasteiger charge is 2.15. The first-order valence-corrected chi connectivity index (χ1v) is 5.68. The molecule has 1 amide bonds. The highest BCUT2D eigenvalue weighted by Crippen LogP contribution is 2.13. The molecule has 2 aromatic rings. The van der Waals surface area contributed by atoms with Gasteiger partial charge in [0, 0.05) is 16.8 Å². The molecule has 0 aliphatic carbocycles. The molecule has 90 valence electrons. The Labute approximate surface area is 109 Å². The lowest BCUT2D eigenvalue weighted by molar-refractivity contribution is 0.0944. The fraction of sp³-hybridized carbons (Fsp3) is 0.0769. The second kappa shape index (κ2) is 5.39. The van der Waals surface area contributed by atoms with Gasteiger partial charge in [-0.25, -0.2) is 0 Å². The molecule has 0 spiro atoms. The first-order valence-electron chi connectivity index (χ1n) is 5.30. The number of halogens is 1. The number of aromatic nitrogens is 1. The van der Waals surface area contributed by atoms with E-state index in [1.165, 1.54) is 0 Å². The van der Waals surface area contributed by atoms with E-state index in [1.54, 1.807) is 42.6 Å². The van der Waals surface area contributed by atoms with Gasteiger partial charge in [0.05, 0.1) is 11.8 Å².